The van der Waals surface area contributed by atoms with Crippen molar-refractivity contribution >= 4 is 36.6 Å². The minimum absolute atomic E-state index is 0.0221. The number of hydrogen-bond donors (Lipinski definition) is 4. The molecule has 0 aliphatic carbocycles. The van der Waals surface area contributed by atoms with Crippen LogP contribution >= 0.6 is 7.67 Å². The lowest BCUT2D eigenvalue weighted by molar-refractivity contribution is -0.143. The van der Waals surface area contributed by atoms with E-state index in [1.54, 1.807) is 0 Å². The normalized spacial score (nSPS) is 21.0. The molecule has 0 spiro atoms. The number of nitrogens with zero attached hydrogens (tertiary/aromatic N) is 4. The molecule has 5 atom stereocenters. The number of halogens is 1. The largest absolute Gasteiger partial charge is 0.468 e. The van der Waals surface area contributed by atoms with Crippen LogP contribution in [0.1, 0.15) is 53.2 Å². The Kier molecular flexibility index (Phi) is 11.1. The summed E-state index contributed by atoms with van der Waals surface area (Å²) < 4.78 is 50.8. The molecule has 3 unspecified atom stereocenters. The van der Waals surface area contributed by atoms with Crippen LogP contribution in [0.4, 0.5) is 10.2 Å². The maximum absolute atomic E-state index is 14.2. The molecule has 0 bridgehead atoms. The summed E-state index contributed by atoms with van der Waals surface area (Å²) >= 11 is 0. The van der Waals surface area contributed by atoms with Crippen molar-refractivity contribution < 1.29 is 42.4 Å². The van der Waals surface area contributed by atoms with Gasteiger partial charge in [-0.2, -0.15) is 14.4 Å². The standard InChI is InChI=1S/C24H39FN7O8P/c1-12(2)7-15(22(34)37-5)30-41(36,31-16(8-13(3)4)23(35)38-6)39-10-14-9-17(33)21(40-14)32-11-27-18-19(26)28-24(25)29-20(18)32/h11-17,21,33H,7-10H2,1-6H3,(H2,26,28,29)(H2,30,31,36)/t14?,15-,16-,17?,21?/m0/s1. The number of anilines is 1. The number of aromatic nitrogens is 4. The number of methoxy groups -OCH3 is 2. The first kappa shape index (κ1) is 32.8. The molecule has 2 aromatic rings. The number of fused-ring (bicyclic) bond motifs is 1. The highest BCUT2D eigenvalue weighted by molar-refractivity contribution is 7.54. The molecule has 0 radical (unpaired) electrons. The number of esters is 2. The molecule has 230 valence electrons. The van der Waals surface area contributed by atoms with Crippen molar-refractivity contribution in [2.75, 3.05) is 26.6 Å². The summed E-state index contributed by atoms with van der Waals surface area (Å²) in [5.74, 6) is -1.44. The molecule has 17 heteroatoms. The minimum atomic E-state index is -4.15. The summed E-state index contributed by atoms with van der Waals surface area (Å²) in [6, 6.07) is -2.04. The molecule has 0 aromatic carbocycles. The third kappa shape index (κ3) is 8.40. The van der Waals surface area contributed by atoms with Gasteiger partial charge in [0.15, 0.2) is 23.2 Å². The lowest BCUT2D eigenvalue weighted by Gasteiger charge is -2.29. The molecule has 0 saturated carbocycles. The molecule has 1 aliphatic heterocycles. The van der Waals surface area contributed by atoms with E-state index >= 15 is 0 Å². The smallest absolute Gasteiger partial charge is 0.342 e. The maximum Gasteiger partial charge on any atom is 0.342 e. The fourth-order valence-corrected chi connectivity index (χ4v) is 6.37. The van der Waals surface area contributed by atoms with Gasteiger partial charge in [0.2, 0.25) is 0 Å². The van der Waals surface area contributed by atoms with E-state index in [-0.39, 0.29) is 54.7 Å². The maximum atomic E-state index is 14.2. The van der Waals surface area contributed by atoms with Gasteiger partial charge in [0.05, 0.1) is 33.3 Å². The van der Waals surface area contributed by atoms with Gasteiger partial charge < -0.3 is 29.6 Å². The van der Waals surface area contributed by atoms with Crippen molar-refractivity contribution in [2.45, 2.75) is 77.5 Å². The van der Waals surface area contributed by atoms with Gasteiger partial charge >= 0.3 is 25.7 Å². The number of ether oxygens (including phenoxy) is 3. The van der Waals surface area contributed by atoms with Crippen LogP contribution in [-0.4, -0.2) is 81.7 Å². The van der Waals surface area contributed by atoms with Crippen molar-refractivity contribution in [1.82, 2.24) is 29.7 Å². The second-order valence-electron chi connectivity index (χ2n) is 10.7. The highest BCUT2D eigenvalue weighted by atomic mass is 31.2. The van der Waals surface area contributed by atoms with E-state index in [1.807, 2.05) is 27.7 Å². The number of imidazole rings is 1. The fourth-order valence-electron chi connectivity index (χ4n) is 4.53. The van der Waals surface area contributed by atoms with Gasteiger partial charge in [0, 0.05) is 6.42 Å². The number of aliphatic hydroxyl groups is 1. The van der Waals surface area contributed by atoms with E-state index < -0.39 is 56.2 Å². The molecule has 3 rings (SSSR count). The zero-order valence-corrected chi connectivity index (χ0v) is 24.8. The zero-order chi connectivity index (χ0) is 30.5. The van der Waals surface area contributed by atoms with Gasteiger partial charge in [-0.05, 0) is 24.7 Å². The second kappa shape index (κ2) is 13.9. The van der Waals surface area contributed by atoms with Gasteiger partial charge in [0.1, 0.15) is 18.2 Å². The SMILES string of the molecule is COC(=O)[C@H](CC(C)C)NP(=O)(N[C@@H](CC(C)C)C(=O)OC)OCC1CC(O)C(n2cnc3c(N)nc(F)nc32)O1. The Balaban J connectivity index is 1.83. The van der Waals surface area contributed by atoms with E-state index in [4.69, 9.17) is 24.5 Å². The first-order valence-corrected chi connectivity index (χ1v) is 14.8. The molecular weight excluding hydrogens is 564 g/mol. The van der Waals surface area contributed by atoms with Crippen LogP contribution in [0.3, 0.4) is 0 Å². The van der Waals surface area contributed by atoms with Crippen molar-refractivity contribution in [2.24, 2.45) is 11.8 Å². The van der Waals surface area contributed by atoms with Gasteiger partial charge in [-0.15, -0.1) is 0 Å². The van der Waals surface area contributed by atoms with E-state index in [0.29, 0.717) is 0 Å². The summed E-state index contributed by atoms with van der Waals surface area (Å²) in [4.78, 5) is 36.3. The number of nitrogens with one attached hydrogen (secondary N) is 2. The van der Waals surface area contributed by atoms with E-state index in [2.05, 4.69) is 25.1 Å². The Hall–Kier alpha value is -2.75. The second-order valence-corrected chi connectivity index (χ2v) is 12.5. The summed E-state index contributed by atoms with van der Waals surface area (Å²) in [6.07, 6.45) is -2.10. The van der Waals surface area contributed by atoms with Gasteiger partial charge in [0.25, 0.3) is 0 Å². The van der Waals surface area contributed by atoms with Crippen LogP contribution in [0.5, 0.6) is 0 Å². The molecular formula is C24H39FN7O8P. The number of nitrogen functional groups attached to an aromatic ring is 1. The van der Waals surface area contributed by atoms with Crippen molar-refractivity contribution in [3.05, 3.63) is 12.4 Å². The van der Waals surface area contributed by atoms with Crippen molar-refractivity contribution in [1.29, 1.82) is 0 Å². The lowest BCUT2D eigenvalue weighted by atomic mass is 10.1. The average molecular weight is 604 g/mol. The Labute approximate surface area is 237 Å². The van der Waals surface area contributed by atoms with E-state index in [9.17, 15) is 23.7 Å². The zero-order valence-electron chi connectivity index (χ0n) is 23.9. The molecule has 15 nitrogen and oxygen atoms in total. The minimum Gasteiger partial charge on any atom is -0.468 e. The fraction of sp³-hybridized carbons (Fsp3) is 0.708. The number of aliphatic hydroxyl groups excluding tert-OH is 1. The lowest BCUT2D eigenvalue weighted by Crippen LogP contribution is -2.45. The van der Waals surface area contributed by atoms with Gasteiger partial charge in [-0.3, -0.25) is 18.7 Å². The van der Waals surface area contributed by atoms with Gasteiger partial charge in [-0.1, -0.05) is 27.7 Å². The summed E-state index contributed by atoms with van der Waals surface area (Å²) in [6.45, 7) is 7.21. The van der Waals surface area contributed by atoms with Crippen molar-refractivity contribution in [3.63, 3.8) is 0 Å². The van der Waals surface area contributed by atoms with Crippen LogP contribution in [0.25, 0.3) is 11.2 Å². The van der Waals surface area contributed by atoms with Gasteiger partial charge in [-0.25, -0.2) is 15.2 Å². The topological polar surface area (TPSA) is 202 Å². The monoisotopic (exact) mass is 603 g/mol. The highest BCUT2D eigenvalue weighted by Gasteiger charge is 2.41. The molecule has 1 fully saturated rings. The molecule has 0 amide bonds. The molecule has 1 aliphatic rings. The number of rotatable bonds is 14. The predicted molar refractivity (Wildman–Crippen MR) is 145 cm³/mol. The van der Waals surface area contributed by atoms with E-state index in [1.165, 1.54) is 25.1 Å². The van der Waals surface area contributed by atoms with Crippen LogP contribution in [-0.2, 0) is 32.9 Å². The first-order chi connectivity index (χ1) is 19.3. The third-order valence-corrected chi connectivity index (χ3v) is 8.16. The Morgan fingerprint density at radius 2 is 1.71 bits per heavy atom. The molecule has 5 N–H and O–H groups in total. The third-order valence-electron chi connectivity index (χ3n) is 6.34. The number of carbonyl (C=O) groups is 2. The van der Waals surface area contributed by atoms with Crippen LogP contribution in [0.2, 0.25) is 0 Å². The van der Waals surface area contributed by atoms with Crippen molar-refractivity contribution in [3.8, 4) is 0 Å². The Morgan fingerprint density at radius 1 is 1.15 bits per heavy atom. The summed E-state index contributed by atoms with van der Waals surface area (Å²) in [7, 11) is -1.73. The molecule has 3 heterocycles. The summed E-state index contributed by atoms with van der Waals surface area (Å²) in [5.41, 5.74) is 5.89. The first-order valence-electron chi connectivity index (χ1n) is 13.2. The van der Waals surface area contributed by atoms with Crippen LogP contribution in [0, 0.1) is 17.9 Å². The highest BCUT2D eigenvalue weighted by Crippen LogP contribution is 2.42. The molecule has 41 heavy (non-hydrogen) atoms. The molecule has 2 aromatic heterocycles. The Bertz CT molecular complexity index is 1230. The average Bonchev–Trinajstić information content (AvgIpc) is 3.48. The quantitative estimate of drug-likeness (QED) is 0.138. The number of hydrogen-bond acceptors (Lipinski definition) is 12. The van der Waals surface area contributed by atoms with Crippen LogP contribution < -0.4 is 15.9 Å². The number of nitrogens with two attached hydrogens (primary N) is 1. The Morgan fingerprint density at radius 3 is 2.22 bits per heavy atom. The van der Waals surface area contributed by atoms with E-state index in [0.717, 1.165) is 0 Å². The number of carbonyl (C=O) groups excluding carboxylic acids is 2. The van der Waals surface area contributed by atoms with Crippen LogP contribution in [0.15, 0.2) is 6.33 Å². The predicted octanol–water partition coefficient (Wildman–Crippen LogP) is 1.68. The summed E-state index contributed by atoms with van der Waals surface area (Å²) in [5, 5.41) is 16.2. The molecule has 1 saturated heterocycles.